The summed E-state index contributed by atoms with van der Waals surface area (Å²) in [6.45, 7) is 5.62. The first-order valence-corrected chi connectivity index (χ1v) is 11.8. The predicted octanol–water partition coefficient (Wildman–Crippen LogP) is 6.06. The van der Waals surface area contributed by atoms with E-state index in [4.69, 9.17) is 21.1 Å². The van der Waals surface area contributed by atoms with Gasteiger partial charge in [-0.3, -0.25) is 0 Å². The Morgan fingerprint density at radius 2 is 1.79 bits per heavy atom. The first-order chi connectivity index (χ1) is 16.5. The van der Waals surface area contributed by atoms with Gasteiger partial charge >= 0.3 is 0 Å². The summed E-state index contributed by atoms with van der Waals surface area (Å²) in [5, 5.41) is 8.19. The van der Waals surface area contributed by atoms with Gasteiger partial charge in [-0.1, -0.05) is 71.4 Å². The average molecular weight is 474 g/mol. The molecule has 1 N–H and O–H groups in total. The SMILES string of the molecule is Cc1ccc(CC(c2cccc(Cl)c2)c2nc(-c3ccc(CNCCC=O)cc3)no2)cc1C. The van der Waals surface area contributed by atoms with Crippen molar-refractivity contribution < 1.29 is 9.32 Å². The highest BCUT2D eigenvalue weighted by Gasteiger charge is 2.23. The lowest BCUT2D eigenvalue weighted by atomic mass is 9.90. The number of hydrogen-bond acceptors (Lipinski definition) is 5. The minimum atomic E-state index is -0.108. The molecule has 0 saturated heterocycles. The Morgan fingerprint density at radius 1 is 1.00 bits per heavy atom. The Bertz CT molecular complexity index is 1250. The molecule has 1 aromatic heterocycles. The van der Waals surface area contributed by atoms with Crippen LogP contribution >= 0.6 is 11.6 Å². The van der Waals surface area contributed by atoms with Gasteiger partial charge in [0, 0.05) is 30.1 Å². The lowest BCUT2D eigenvalue weighted by Gasteiger charge is -2.15. The maximum absolute atomic E-state index is 10.4. The Morgan fingerprint density at radius 3 is 2.53 bits per heavy atom. The molecule has 1 atom stereocenters. The molecule has 0 spiro atoms. The molecule has 174 valence electrons. The number of nitrogens with zero attached hydrogens (tertiary/aromatic N) is 2. The first kappa shape index (κ1) is 23.9. The van der Waals surface area contributed by atoms with Crippen molar-refractivity contribution in [2.75, 3.05) is 6.54 Å². The van der Waals surface area contributed by atoms with Gasteiger partial charge in [-0.15, -0.1) is 0 Å². The summed E-state index contributed by atoms with van der Waals surface area (Å²) in [5.74, 6) is 1.01. The maximum atomic E-state index is 10.4. The second-order valence-electron chi connectivity index (χ2n) is 8.52. The van der Waals surface area contributed by atoms with E-state index in [0.717, 1.165) is 29.4 Å². The van der Waals surface area contributed by atoms with E-state index in [2.05, 4.69) is 42.5 Å². The molecule has 0 aliphatic rings. The van der Waals surface area contributed by atoms with Crippen LogP contribution in [0.15, 0.2) is 71.3 Å². The number of hydrogen-bond donors (Lipinski definition) is 1. The highest BCUT2D eigenvalue weighted by atomic mass is 35.5. The molecule has 5 nitrogen and oxygen atoms in total. The fourth-order valence-electron chi connectivity index (χ4n) is 3.90. The molecule has 0 saturated carbocycles. The summed E-state index contributed by atoms with van der Waals surface area (Å²) in [5.41, 5.74) is 6.80. The van der Waals surface area contributed by atoms with Gasteiger partial charge < -0.3 is 14.6 Å². The zero-order chi connectivity index (χ0) is 23.9. The summed E-state index contributed by atoms with van der Waals surface area (Å²) in [6, 6.07) is 22.4. The van der Waals surface area contributed by atoms with E-state index in [1.54, 1.807) is 0 Å². The average Bonchev–Trinajstić information content (AvgIpc) is 3.33. The summed E-state index contributed by atoms with van der Waals surface area (Å²) in [4.78, 5) is 15.2. The largest absolute Gasteiger partial charge is 0.338 e. The lowest BCUT2D eigenvalue weighted by Crippen LogP contribution is -2.14. The third-order valence-electron chi connectivity index (χ3n) is 5.98. The van der Waals surface area contributed by atoms with Crippen LogP contribution in [-0.4, -0.2) is 23.0 Å². The van der Waals surface area contributed by atoms with Crippen molar-refractivity contribution in [1.82, 2.24) is 15.5 Å². The van der Waals surface area contributed by atoms with Crippen molar-refractivity contribution in [3.05, 3.63) is 105 Å². The number of aryl methyl sites for hydroxylation is 2. The normalized spacial score (nSPS) is 12.0. The second kappa shape index (κ2) is 11.2. The van der Waals surface area contributed by atoms with E-state index >= 15 is 0 Å². The number of aldehydes is 1. The van der Waals surface area contributed by atoms with Gasteiger partial charge in [-0.05, 0) is 60.2 Å². The summed E-state index contributed by atoms with van der Waals surface area (Å²) >= 11 is 6.31. The van der Waals surface area contributed by atoms with Crippen molar-refractivity contribution >= 4 is 17.9 Å². The first-order valence-electron chi connectivity index (χ1n) is 11.4. The zero-order valence-electron chi connectivity index (χ0n) is 19.4. The fraction of sp³-hybridized carbons (Fsp3) is 0.250. The molecule has 0 amide bonds. The molecular formula is C28H28ClN3O2. The third kappa shape index (κ3) is 5.99. The molecule has 4 aromatic rings. The van der Waals surface area contributed by atoms with Gasteiger partial charge in [0.05, 0.1) is 5.92 Å². The standard InChI is InChI=1S/C28H28ClN3O2/c1-19-7-8-22(15-20(19)2)16-26(24-5-3-6-25(29)17-24)28-31-27(32-34-28)23-11-9-21(10-12-23)18-30-13-4-14-33/h3,5-12,14-15,17,26,30H,4,13,16,18H2,1-2H3. The molecule has 4 rings (SSSR count). The van der Waals surface area contributed by atoms with E-state index in [0.29, 0.717) is 36.2 Å². The van der Waals surface area contributed by atoms with Gasteiger partial charge in [0.1, 0.15) is 6.29 Å². The summed E-state index contributed by atoms with van der Waals surface area (Å²) in [7, 11) is 0. The molecule has 0 aliphatic carbocycles. The van der Waals surface area contributed by atoms with Crippen LogP contribution in [0.1, 0.15) is 46.0 Å². The molecule has 0 bridgehead atoms. The highest BCUT2D eigenvalue weighted by molar-refractivity contribution is 6.30. The van der Waals surface area contributed by atoms with Crippen LogP contribution in [0.3, 0.4) is 0 Å². The lowest BCUT2D eigenvalue weighted by molar-refractivity contribution is -0.107. The molecule has 0 fully saturated rings. The molecule has 0 radical (unpaired) electrons. The Hall–Kier alpha value is -3.28. The van der Waals surface area contributed by atoms with E-state index in [9.17, 15) is 4.79 Å². The van der Waals surface area contributed by atoms with E-state index in [1.165, 1.54) is 16.7 Å². The van der Waals surface area contributed by atoms with Crippen LogP contribution in [0.4, 0.5) is 0 Å². The van der Waals surface area contributed by atoms with Gasteiger partial charge in [-0.25, -0.2) is 0 Å². The molecule has 6 heteroatoms. The maximum Gasteiger partial charge on any atom is 0.234 e. The van der Waals surface area contributed by atoms with Crippen molar-refractivity contribution in [2.24, 2.45) is 0 Å². The van der Waals surface area contributed by atoms with E-state index in [1.807, 2.05) is 48.5 Å². The van der Waals surface area contributed by atoms with E-state index in [-0.39, 0.29) is 5.92 Å². The quantitative estimate of drug-likeness (QED) is 0.224. The molecule has 34 heavy (non-hydrogen) atoms. The Labute approximate surface area is 205 Å². The molecule has 1 heterocycles. The van der Waals surface area contributed by atoms with Crippen LogP contribution in [0.25, 0.3) is 11.4 Å². The fourth-order valence-corrected chi connectivity index (χ4v) is 4.10. The van der Waals surface area contributed by atoms with Gasteiger partial charge in [0.15, 0.2) is 0 Å². The number of carbonyl (C=O) groups is 1. The van der Waals surface area contributed by atoms with Gasteiger partial charge in [0.25, 0.3) is 0 Å². The highest BCUT2D eigenvalue weighted by Crippen LogP contribution is 2.31. The van der Waals surface area contributed by atoms with Gasteiger partial charge in [-0.2, -0.15) is 4.98 Å². The smallest absolute Gasteiger partial charge is 0.234 e. The topological polar surface area (TPSA) is 68.0 Å². The van der Waals surface area contributed by atoms with Crippen molar-refractivity contribution in [3.8, 4) is 11.4 Å². The molecule has 0 aliphatic heterocycles. The molecule has 1 unspecified atom stereocenters. The van der Waals surface area contributed by atoms with E-state index < -0.39 is 0 Å². The van der Waals surface area contributed by atoms with Crippen molar-refractivity contribution in [1.29, 1.82) is 0 Å². The van der Waals surface area contributed by atoms with Crippen LogP contribution in [0, 0.1) is 13.8 Å². The monoisotopic (exact) mass is 473 g/mol. The number of aromatic nitrogens is 2. The summed E-state index contributed by atoms with van der Waals surface area (Å²) < 4.78 is 5.77. The second-order valence-corrected chi connectivity index (χ2v) is 8.95. The van der Waals surface area contributed by atoms with Crippen molar-refractivity contribution in [2.45, 2.75) is 39.2 Å². The van der Waals surface area contributed by atoms with Crippen LogP contribution < -0.4 is 5.32 Å². The predicted molar refractivity (Wildman–Crippen MR) is 135 cm³/mol. The number of rotatable bonds is 10. The zero-order valence-corrected chi connectivity index (χ0v) is 20.2. The minimum Gasteiger partial charge on any atom is -0.338 e. The molecular weight excluding hydrogens is 446 g/mol. The van der Waals surface area contributed by atoms with Crippen LogP contribution in [0.5, 0.6) is 0 Å². The van der Waals surface area contributed by atoms with Crippen molar-refractivity contribution in [3.63, 3.8) is 0 Å². The number of carbonyl (C=O) groups excluding carboxylic acids is 1. The molecule has 3 aromatic carbocycles. The Kier molecular flexibility index (Phi) is 7.88. The number of benzene rings is 3. The number of nitrogens with one attached hydrogen (secondary N) is 1. The van der Waals surface area contributed by atoms with Crippen LogP contribution in [-0.2, 0) is 17.8 Å². The Balaban J connectivity index is 1.57. The van der Waals surface area contributed by atoms with Gasteiger partial charge in [0.2, 0.25) is 11.7 Å². The minimum absolute atomic E-state index is 0.108. The third-order valence-corrected chi connectivity index (χ3v) is 6.22. The number of halogens is 1. The summed E-state index contributed by atoms with van der Waals surface area (Å²) in [6.07, 6.45) is 2.16. The van der Waals surface area contributed by atoms with Crippen LogP contribution in [0.2, 0.25) is 5.02 Å².